The van der Waals surface area contributed by atoms with E-state index in [0.29, 0.717) is 0 Å². The summed E-state index contributed by atoms with van der Waals surface area (Å²) in [5.74, 6) is 0. The van der Waals surface area contributed by atoms with Gasteiger partial charge in [0.25, 0.3) is 0 Å². The molecule has 0 bridgehead atoms. The quantitative estimate of drug-likeness (QED) is 0.626. The van der Waals surface area contributed by atoms with Gasteiger partial charge >= 0.3 is 0 Å². The van der Waals surface area contributed by atoms with Crippen molar-refractivity contribution in [1.82, 2.24) is 5.32 Å². The first-order valence-corrected chi connectivity index (χ1v) is 7.13. The van der Waals surface area contributed by atoms with Crippen LogP contribution in [-0.2, 0) is 6.42 Å². The summed E-state index contributed by atoms with van der Waals surface area (Å²) in [6, 6.07) is 8.93. The number of benzene rings is 1. The van der Waals surface area contributed by atoms with Gasteiger partial charge in [-0.3, -0.25) is 0 Å². The van der Waals surface area contributed by atoms with Crippen LogP contribution < -0.4 is 5.32 Å². The molecule has 0 saturated carbocycles. The van der Waals surface area contributed by atoms with Gasteiger partial charge in [0.2, 0.25) is 0 Å². The van der Waals surface area contributed by atoms with Crippen LogP contribution in [0.1, 0.15) is 49.7 Å². The zero-order valence-corrected chi connectivity index (χ0v) is 12.0. The Balaban J connectivity index is 1.99. The molecule has 1 rings (SSSR count). The van der Waals surface area contributed by atoms with Crippen molar-refractivity contribution in [3.05, 3.63) is 47.7 Å². The molecule has 0 saturated heterocycles. The zero-order valence-electron chi connectivity index (χ0n) is 12.0. The third-order valence-corrected chi connectivity index (χ3v) is 3.42. The Morgan fingerprint density at radius 2 is 1.61 bits per heavy atom. The predicted molar refractivity (Wildman–Crippen MR) is 80.8 cm³/mol. The minimum absolute atomic E-state index is 1.12. The first-order chi connectivity index (χ1) is 8.72. The third kappa shape index (κ3) is 6.48. The molecule has 0 unspecified atom stereocenters. The van der Waals surface area contributed by atoms with Crippen LogP contribution in [0.25, 0.3) is 0 Å². The van der Waals surface area contributed by atoms with Crippen LogP contribution in [0.4, 0.5) is 0 Å². The molecule has 18 heavy (non-hydrogen) atoms. The normalized spacial score (nSPS) is 10.3. The number of unbranched alkanes of at least 4 members (excludes halogenated alkanes) is 4. The van der Waals surface area contributed by atoms with Gasteiger partial charge in [-0.2, -0.15) is 0 Å². The van der Waals surface area contributed by atoms with Crippen LogP contribution in [0.2, 0.25) is 0 Å². The van der Waals surface area contributed by atoms with E-state index >= 15 is 0 Å². The zero-order chi connectivity index (χ0) is 13.2. The Bertz CT molecular complexity index is 337. The topological polar surface area (TPSA) is 12.0 Å². The number of aryl methyl sites for hydroxylation is 2. The number of rotatable bonds is 9. The molecular weight excluding hydrogens is 218 g/mol. The van der Waals surface area contributed by atoms with Gasteiger partial charge in [0, 0.05) is 12.7 Å². The highest BCUT2D eigenvalue weighted by molar-refractivity contribution is 5.21. The van der Waals surface area contributed by atoms with E-state index in [1.165, 1.54) is 49.7 Å². The lowest BCUT2D eigenvalue weighted by Crippen LogP contribution is -2.03. The lowest BCUT2D eigenvalue weighted by molar-refractivity contribution is 0.606. The largest absolute Gasteiger partial charge is 0.392 e. The van der Waals surface area contributed by atoms with Crippen molar-refractivity contribution in [2.24, 2.45) is 0 Å². The van der Waals surface area contributed by atoms with E-state index in [4.69, 9.17) is 0 Å². The lowest BCUT2D eigenvalue weighted by atomic mass is 10.0. The highest BCUT2D eigenvalue weighted by atomic mass is 14.8. The van der Waals surface area contributed by atoms with Gasteiger partial charge in [0.1, 0.15) is 0 Å². The molecule has 0 aromatic heterocycles. The molecule has 0 spiro atoms. The molecule has 0 aliphatic rings. The molecule has 1 heteroatoms. The molecule has 1 nitrogen and oxygen atoms in total. The summed E-state index contributed by atoms with van der Waals surface area (Å²) in [4.78, 5) is 0. The molecule has 0 heterocycles. The van der Waals surface area contributed by atoms with Crippen LogP contribution in [0.15, 0.2) is 36.5 Å². The Labute approximate surface area is 112 Å². The Morgan fingerprint density at radius 3 is 2.28 bits per heavy atom. The van der Waals surface area contributed by atoms with Crippen LogP contribution >= 0.6 is 0 Å². The second-order valence-corrected chi connectivity index (χ2v) is 5.11. The van der Waals surface area contributed by atoms with Crippen molar-refractivity contribution in [2.75, 3.05) is 7.05 Å². The number of nitrogens with one attached hydrogen (secondary N) is 1. The highest BCUT2D eigenvalue weighted by Gasteiger charge is 1.95. The molecule has 0 radical (unpaired) electrons. The summed E-state index contributed by atoms with van der Waals surface area (Å²) >= 11 is 0. The van der Waals surface area contributed by atoms with E-state index in [9.17, 15) is 0 Å². The molecule has 1 aromatic carbocycles. The molecule has 0 aliphatic carbocycles. The minimum atomic E-state index is 1.12. The first-order valence-electron chi connectivity index (χ1n) is 7.13. The van der Waals surface area contributed by atoms with E-state index in [0.717, 1.165) is 12.1 Å². The third-order valence-electron chi connectivity index (χ3n) is 3.42. The van der Waals surface area contributed by atoms with Gasteiger partial charge in [-0.05, 0) is 38.2 Å². The van der Waals surface area contributed by atoms with Crippen molar-refractivity contribution in [3.63, 3.8) is 0 Å². The van der Waals surface area contributed by atoms with Crippen molar-refractivity contribution in [2.45, 2.75) is 51.9 Å². The standard InChI is InChI=1S/C17H27N/c1-15-11-13-17(14-12-15)10-8-6-4-5-7-9-16(2)18-3/h11-14,18H,2,4-10H2,1,3H3. The number of hydrogen-bond donors (Lipinski definition) is 1. The minimum Gasteiger partial charge on any atom is -0.392 e. The second-order valence-electron chi connectivity index (χ2n) is 5.11. The van der Waals surface area contributed by atoms with E-state index in [1.807, 2.05) is 7.05 Å². The van der Waals surface area contributed by atoms with E-state index < -0.39 is 0 Å². The molecule has 0 fully saturated rings. The summed E-state index contributed by atoms with van der Waals surface area (Å²) < 4.78 is 0. The number of hydrogen-bond acceptors (Lipinski definition) is 1. The summed E-state index contributed by atoms with van der Waals surface area (Å²) in [6.07, 6.45) is 8.95. The van der Waals surface area contributed by atoms with Crippen LogP contribution in [0.3, 0.4) is 0 Å². The SMILES string of the molecule is C=C(CCCCCCCc1ccc(C)cc1)NC. The Hall–Kier alpha value is -1.24. The van der Waals surface area contributed by atoms with Crippen LogP contribution in [0.5, 0.6) is 0 Å². The van der Waals surface area contributed by atoms with Crippen molar-refractivity contribution < 1.29 is 0 Å². The summed E-state index contributed by atoms with van der Waals surface area (Å²) in [7, 11) is 1.95. The van der Waals surface area contributed by atoms with Crippen molar-refractivity contribution in [3.8, 4) is 0 Å². The van der Waals surface area contributed by atoms with Crippen LogP contribution in [0, 0.1) is 6.92 Å². The van der Waals surface area contributed by atoms with Crippen molar-refractivity contribution in [1.29, 1.82) is 0 Å². The molecule has 1 aromatic rings. The first kappa shape index (κ1) is 14.8. The fourth-order valence-corrected chi connectivity index (χ4v) is 2.08. The molecular formula is C17H27N. The highest BCUT2D eigenvalue weighted by Crippen LogP contribution is 2.11. The number of allylic oxidation sites excluding steroid dienone is 1. The smallest absolute Gasteiger partial charge is 0.00310 e. The summed E-state index contributed by atoms with van der Waals surface area (Å²) in [6.45, 7) is 6.08. The maximum absolute atomic E-state index is 3.94. The fourth-order valence-electron chi connectivity index (χ4n) is 2.08. The average Bonchev–Trinajstić information content (AvgIpc) is 2.39. The van der Waals surface area contributed by atoms with E-state index in [2.05, 4.69) is 43.1 Å². The molecule has 0 atom stereocenters. The molecule has 0 aliphatic heterocycles. The van der Waals surface area contributed by atoms with Gasteiger partial charge in [0.15, 0.2) is 0 Å². The Morgan fingerprint density at radius 1 is 1.00 bits per heavy atom. The van der Waals surface area contributed by atoms with Gasteiger partial charge < -0.3 is 5.32 Å². The van der Waals surface area contributed by atoms with Gasteiger partial charge in [-0.15, -0.1) is 0 Å². The van der Waals surface area contributed by atoms with Gasteiger partial charge in [0.05, 0.1) is 0 Å². The fraction of sp³-hybridized carbons (Fsp3) is 0.529. The van der Waals surface area contributed by atoms with Gasteiger partial charge in [-0.1, -0.05) is 55.7 Å². The molecule has 0 amide bonds. The maximum atomic E-state index is 3.94. The van der Waals surface area contributed by atoms with Crippen molar-refractivity contribution >= 4 is 0 Å². The maximum Gasteiger partial charge on any atom is 0.00310 e. The predicted octanol–water partition coefficient (Wildman–Crippen LogP) is 4.61. The van der Waals surface area contributed by atoms with E-state index in [-0.39, 0.29) is 0 Å². The summed E-state index contributed by atoms with van der Waals surface area (Å²) in [5, 5.41) is 3.10. The Kier molecular flexibility index (Phi) is 7.24. The van der Waals surface area contributed by atoms with Gasteiger partial charge in [-0.25, -0.2) is 0 Å². The molecule has 100 valence electrons. The lowest BCUT2D eigenvalue weighted by Gasteiger charge is -2.05. The average molecular weight is 245 g/mol. The van der Waals surface area contributed by atoms with E-state index in [1.54, 1.807) is 0 Å². The monoisotopic (exact) mass is 245 g/mol. The molecule has 1 N–H and O–H groups in total. The van der Waals surface area contributed by atoms with Crippen LogP contribution in [-0.4, -0.2) is 7.05 Å². The summed E-state index contributed by atoms with van der Waals surface area (Å²) in [5.41, 5.74) is 3.99. The second kappa shape index (κ2) is 8.79.